The summed E-state index contributed by atoms with van der Waals surface area (Å²) in [7, 11) is 0. The minimum absolute atomic E-state index is 0.0621. The first-order chi connectivity index (χ1) is 9.02. The first-order valence-electron chi connectivity index (χ1n) is 6.51. The van der Waals surface area contributed by atoms with E-state index in [2.05, 4.69) is 6.07 Å². The standard InChI is InChI=1S/C15H18N2O2/c1-10-5-6-17(9-14(10)18)15(19)13-4-3-12(8-16)7-11(13)2/h3-4,7,10,14,18H,5-6,9H2,1-2H3. The van der Waals surface area contributed by atoms with E-state index in [0.29, 0.717) is 24.2 Å². The predicted octanol–water partition coefficient (Wildman–Crippen LogP) is 1.71. The van der Waals surface area contributed by atoms with Gasteiger partial charge in [-0.2, -0.15) is 5.26 Å². The van der Waals surface area contributed by atoms with E-state index < -0.39 is 6.10 Å². The van der Waals surface area contributed by atoms with E-state index in [1.165, 1.54) is 0 Å². The van der Waals surface area contributed by atoms with Crippen LogP contribution in [-0.2, 0) is 0 Å². The van der Waals surface area contributed by atoms with Crippen LogP contribution >= 0.6 is 0 Å². The molecule has 1 heterocycles. The summed E-state index contributed by atoms with van der Waals surface area (Å²) in [6.07, 6.45) is 0.374. The topological polar surface area (TPSA) is 64.3 Å². The Balaban J connectivity index is 2.19. The number of amides is 1. The molecule has 1 aromatic rings. The van der Waals surface area contributed by atoms with Crippen LogP contribution in [0.2, 0.25) is 0 Å². The zero-order chi connectivity index (χ0) is 14.0. The van der Waals surface area contributed by atoms with E-state index in [1.54, 1.807) is 23.1 Å². The minimum Gasteiger partial charge on any atom is -0.391 e. The van der Waals surface area contributed by atoms with Crippen molar-refractivity contribution in [1.29, 1.82) is 5.26 Å². The molecule has 0 radical (unpaired) electrons. The molecule has 1 amide bonds. The lowest BCUT2D eigenvalue weighted by molar-refractivity contribution is 0.0248. The molecule has 1 fully saturated rings. The molecule has 2 rings (SSSR count). The third-order valence-electron chi connectivity index (χ3n) is 3.79. The fourth-order valence-corrected chi connectivity index (χ4v) is 2.38. The van der Waals surface area contributed by atoms with Gasteiger partial charge < -0.3 is 10.0 Å². The second-order valence-electron chi connectivity index (χ2n) is 5.23. The van der Waals surface area contributed by atoms with E-state index in [1.807, 2.05) is 13.8 Å². The Hall–Kier alpha value is -1.86. The number of aliphatic hydroxyl groups excluding tert-OH is 1. The highest BCUT2D eigenvalue weighted by molar-refractivity contribution is 5.95. The molecule has 0 aromatic heterocycles. The SMILES string of the molecule is Cc1cc(C#N)ccc1C(=O)N1CCC(C)C(O)C1. The predicted molar refractivity (Wildman–Crippen MR) is 71.6 cm³/mol. The van der Waals surface area contributed by atoms with Gasteiger partial charge in [-0.3, -0.25) is 4.79 Å². The van der Waals surface area contributed by atoms with Gasteiger partial charge in [0.25, 0.3) is 5.91 Å². The summed E-state index contributed by atoms with van der Waals surface area (Å²) >= 11 is 0. The molecule has 2 atom stereocenters. The molecule has 0 aliphatic carbocycles. The number of aryl methyl sites for hydroxylation is 1. The number of piperidine rings is 1. The van der Waals surface area contributed by atoms with E-state index >= 15 is 0 Å². The summed E-state index contributed by atoms with van der Waals surface area (Å²) in [5.41, 5.74) is 1.97. The van der Waals surface area contributed by atoms with Gasteiger partial charge in [0, 0.05) is 18.7 Å². The smallest absolute Gasteiger partial charge is 0.254 e. The quantitative estimate of drug-likeness (QED) is 0.834. The van der Waals surface area contributed by atoms with Crippen molar-refractivity contribution in [3.63, 3.8) is 0 Å². The average molecular weight is 258 g/mol. The van der Waals surface area contributed by atoms with E-state index in [-0.39, 0.29) is 11.8 Å². The molecule has 19 heavy (non-hydrogen) atoms. The van der Waals surface area contributed by atoms with Crippen LogP contribution in [0.1, 0.15) is 34.8 Å². The van der Waals surface area contributed by atoms with Gasteiger partial charge in [0.15, 0.2) is 0 Å². The monoisotopic (exact) mass is 258 g/mol. The number of hydrogen-bond donors (Lipinski definition) is 1. The van der Waals surface area contributed by atoms with Crippen molar-refractivity contribution in [3.05, 3.63) is 34.9 Å². The zero-order valence-electron chi connectivity index (χ0n) is 11.3. The van der Waals surface area contributed by atoms with Gasteiger partial charge in [-0.05, 0) is 43.0 Å². The Morgan fingerprint density at radius 2 is 2.26 bits per heavy atom. The van der Waals surface area contributed by atoms with Crippen molar-refractivity contribution < 1.29 is 9.90 Å². The molecule has 100 valence electrons. The van der Waals surface area contributed by atoms with Gasteiger partial charge in [-0.15, -0.1) is 0 Å². The van der Waals surface area contributed by atoms with Gasteiger partial charge in [0.1, 0.15) is 0 Å². The van der Waals surface area contributed by atoms with Crippen LogP contribution < -0.4 is 0 Å². The summed E-state index contributed by atoms with van der Waals surface area (Å²) in [6, 6.07) is 7.13. The summed E-state index contributed by atoms with van der Waals surface area (Å²) in [4.78, 5) is 14.1. The maximum Gasteiger partial charge on any atom is 0.254 e. The normalized spacial score (nSPS) is 22.9. The van der Waals surface area contributed by atoms with E-state index in [0.717, 1.165) is 12.0 Å². The lowest BCUT2D eigenvalue weighted by Gasteiger charge is -2.34. The highest BCUT2D eigenvalue weighted by atomic mass is 16.3. The molecule has 0 saturated carbocycles. The molecule has 0 spiro atoms. The molecule has 1 aliphatic rings. The Morgan fingerprint density at radius 1 is 1.53 bits per heavy atom. The highest BCUT2D eigenvalue weighted by Gasteiger charge is 2.28. The van der Waals surface area contributed by atoms with Gasteiger partial charge in [0.2, 0.25) is 0 Å². The molecular formula is C15H18N2O2. The van der Waals surface area contributed by atoms with Crippen LogP contribution in [0.15, 0.2) is 18.2 Å². The Labute approximate surface area is 113 Å². The second-order valence-corrected chi connectivity index (χ2v) is 5.23. The minimum atomic E-state index is -0.448. The van der Waals surface area contributed by atoms with Crippen LogP contribution in [0.25, 0.3) is 0 Å². The van der Waals surface area contributed by atoms with Crippen LogP contribution in [0.3, 0.4) is 0 Å². The van der Waals surface area contributed by atoms with Crippen molar-refractivity contribution in [2.75, 3.05) is 13.1 Å². The number of rotatable bonds is 1. The second kappa shape index (κ2) is 5.41. The average Bonchev–Trinajstić information content (AvgIpc) is 2.41. The number of nitrogens with zero attached hydrogens (tertiary/aromatic N) is 2. The number of aliphatic hydroxyl groups is 1. The molecule has 1 aliphatic heterocycles. The molecule has 4 nitrogen and oxygen atoms in total. The number of benzene rings is 1. The Bertz CT molecular complexity index is 533. The fraction of sp³-hybridized carbons (Fsp3) is 0.467. The molecule has 1 aromatic carbocycles. The first-order valence-corrected chi connectivity index (χ1v) is 6.51. The van der Waals surface area contributed by atoms with Crippen molar-refractivity contribution in [2.24, 2.45) is 5.92 Å². The molecule has 1 N–H and O–H groups in total. The van der Waals surface area contributed by atoms with Gasteiger partial charge >= 0.3 is 0 Å². The summed E-state index contributed by atoms with van der Waals surface area (Å²) in [5.74, 6) is 0.180. The summed E-state index contributed by atoms with van der Waals surface area (Å²) in [6.45, 7) is 4.90. The molecular weight excluding hydrogens is 240 g/mol. The van der Waals surface area contributed by atoms with Crippen LogP contribution in [0.4, 0.5) is 0 Å². The van der Waals surface area contributed by atoms with Crippen molar-refractivity contribution >= 4 is 5.91 Å². The number of carbonyl (C=O) groups excluding carboxylic acids is 1. The Kier molecular flexibility index (Phi) is 3.87. The number of carbonyl (C=O) groups is 1. The number of likely N-dealkylation sites (tertiary alicyclic amines) is 1. The maximum atomic E-state index is 12.4. The lowest BCUT2D eigenvalue weighted by atomic mass is 9.95. The molecule has 0 bridgehead atoms. The van der Waals surface area contributed by atoms with Crippen molar-refractivity contribution in [1.82, 2.24) is 4.90 Å². The molecule has 2 unspecified atom stereocenters. The van der Waals surface area contributed by atoms with Crippen molar-refractivity contribution in [2.45, 2.75) is 26.4 Å². The summed E-state index contributed by atoms with van der Waals surface area (Å²) in [5, 5.41) is 18.7. The zero-order valence-corrected chi connectivity index (χ0v) is 11.3. The van der Waals surface area contributed by atoms with Crippen LogP contribution in [-0.4, -0.2) is 35.1 Å². The van der Waals surface area contributed by atoms with E-state index in [4.69, 9.17) is 5.26 Å². The van der Waals surface area contributed by atoms with Crippen molar-refractivity contribution in [3.8, 4) is 6.07 Å². The van der Waals surface area contributed by atoms with Gasteiger partial charge in [-0.25, -0.2) is 0 Å². The van der Waals surface area contributed by atoms with Crippen LogP contribution in [0, 0.1) is 24.2 Å². The summed E-state index contributed by atoms with van der Waals surface area (Å²) < 4.78 is 0. The first kappa shape index (κ1) is 13.6. The van der Waals surface area contributed by atoms with Gasteiger partial charge in [0.05, 0.1) is 17.7 Å². The van der Waals surface area contributed by atoms with Crippen LogP contribution in [0.5, 0.6) is 0 Å². The molecule has 4 heteroatoms. The van der Waals surface area contributed by atoms with Gasteiger partial charge in [-0.1, -0.05) is 6.92 Å². The number of β-amino-alcohol motifs (C(OH)–C–C–N with tert-alkyl or cyclic N) is 1. The number of hydrogen-bond acceptors (Lipinski definition) is 3. The lowest BCUT2D eigenvalue weighted by Crippen LogP contribution is -2.46. The fourth-order valence-electron chi connectivity index (χ4n) is 2.38. The third-order valence-corrected chi connectivity index (χ3v) is 3.79. The largest absolute Gasteiger partial charge is 0.391 e. The number of nitriles is 1. The Morgan fingerprint density at radius 3 is 2.84 bits per heavy atom. The highest BCUT2D eigenvalue weighted by Crippen LogP contribution is 2.20. The molecule has 1 saturated heterocycles. The third kappa shape index (κ3) is 2.77. The maximum absolute atomic E-state index is 12.4. The van der Waals surface area contributed by atoms with E-state index in [9.17, 15) is 9.90 Å².